The highest BCUT2D eigenvalue weighted by molar-refractivity contribution is 7.15. The van der Waals surface area contributed by atoms with Gasteiger partial charge in [-0.05, 0) is 6.42 Å². The van der Waals surface area contributed by atoms with Crippen molar-refractivity contribution < 1.29 is 22.8 Å². The normalized spacial score (nSPS) is 18.8. The molecule has 0 saturated carbocycles. The Bertz CT molecular complexity index is 561. The first-order chi connectivity index (χ1) is 10.3. The van der Waals surface area contributed by atoms with E-state index in [2.05, 4.69) is 15.5 Å². The highest BCUT2D eigenvalue weighted by Crippen LogP contribution is 2.33. The standard InChI is InChI=1S/C12H15F3N4O2S/c1-2-3-4-19-6-7(5-8(19)20)9(21)16-11-18-17-10(22-11)12(13,14)15/h7H,2-6H2,1H3,(H,16,18,21)/t7-/m1/s1. The van der Waals surface area contributed by atoms with Gasteiger partial charge < -0.3 is 10.2 Å². The Morgan fingerprint density at radius 1 is 1.45 bits per heavy atom. The van der Waals surface area contributed by atoms with Crippen molar-refractivity contribution in [3.63, 3.8) is 0 Å². The highest BCUT2D eigenvalue weighted by Gasteiger charge is 2.37. The quantitative estimate of drug-likeness (QED) is 0.894. The van der Waals surface area contributed by atoms with Gasteiger partial charge in [0, 0.05) is 19.5 Å². The lowest BCUT2D eigenvalue weighted by molar-refractivity contribution is -0.138. The number of hydrogen-bond acceptors (Lipinski definition) is 5. The van der Waals surface area contributed by atoms with E-state index in [1.165, 1.54) is 0 Å². The van der Waals surface area contributed by atoms with Crippen molar-refractivity contribution in [1.82, 2.24) is 15.1 Å². The van der Waals surface area contributed by atoms with Crippen LogP contribution in [-0.2, 0) is 15.8 Å². The molecule has 1 aromatic heterocycles. The Morgan fingerprint density at radius 2 is 2.18 bits per heavy atom. The first kappa shape index (κ1) is 16.7. The van der Waals surface area contributed by atoms with Crippen LogP contribution in [0.25, 0.3) is 0 Å². The fourth-order valence-corrected chi connectivity index (χ4v) is 2.72. The first-order valence-corrected chi connectivity index (χ1v) is 7.62. The van der Waals surface area contributed by atoms with Gasteiger partial charge >= 0.3 is 6.18 Å². The van der Waals surface area contributed by atoms with Crippen molar-refractivity contribution in [3.8, 4) is 0 Å². The summed E-state index contributed by atoms with van der Waals surface area (Å²) < 4.78 is 37.2. The molecule has 0 aliphatic carbocycles. The first-order valence-electron chi connectivity index (χ1n) is 6.80. The van der Waals surface area contributed by atoms with Gasteiger partial charge in [-0.25, -0.2) is 0 Å². The number of hydrogen-bond donors (Lipinski definition) is 1. The molecule has 122 valence electrons. The molecule has 1 aromatic rings. The summed E-state index contributed by atoms with van der Waals surface area (Å²) in [5.41, 5.74) is 0. The molecule has 0 unspecified atom stereocenters. The number of nitrogens with one attached hydrogen (secondary N) is 1. The Balaban J connectivity index is 1.93. The third-order valence-corrected chi connectivity index (χ3v) is 4.15. The number of unbranched alkanes of at least 4 members (excludes halogenated alkanes) is 1. The van der Waals surface area contributed by atoms with Crippen LogP contribution in [0.4, 0.5) is 18.3 Å². The number of halogens is 3. The van der Waals surface area contributed by atoms with E-state index in [0.717, 1.165) is 12.8 Å². The summed E-state index contributed by atoms with van der Waals surface area (Å²) in [6.45, 7) is 2.88. The molecule has 1 aliphatic rings. The predicted octanol–water partition coefficient (Wildman–Crippen LogP) is 2.14. The minimum absolute atomic E-state index is 0.0699. The van der Waals surface area contributed by atoms with E-state index in [-0.39, 0.29) is 35.3 Å². The van der Waals surface area contributed by atoms with Crippen molar-refractivity contribution in [2.75, 3.05) is 18.4 Å². The molecule has 22 heavy (non-hydrogen) atoms. The second-order valence-corrected chi connectivity index (χ2v) is 5.97. The van der Waals surface area contributed by atoms with Gasteiger partial charge in [0.25, 0.3) is 0 Å². The van der Waals surface area contributed by atoms with Gasteiger partial charge in [0.2, 0.25) is 22.0 Å². The number of aromatic nitrogens is 2. The van der Waals surface area contributed by atoms with E-state index in [4.69, 9.17) is 0 Å². The zero-order chi connectivity index (χ0) is 16.3. The van der Waals surface area contributed by atoms with Crippen LogP contribution in [0.15, 0.2) is 0 Å². The van der Waals surface area contributed by atoms with E-state index >= 15 is 0 Å². The smallest absolute Gasteiger partial charge is 0.342 e. The lowest BCUT2D eigenvalue weighted by atomic mass is 10.1. The van der Waals surface area contributed by atoms with Gasteiger partial charge in [-0.1, -0.05) is 24.7 Å². The summed E-state index contributed by atoms with van der Waals surface area (Å²) in [5, 5.41) is 7.26. The van der Waals surface area contributed by atoms with Gasteiger partial charge in [0.05, 0.1) is 5.92 Å². The number of alkyl halides is 3. The van der Waals surface area contributed by atoms with Gasteiger partial charge in [0.1, 0.15) is 0 Å². The lowest BCUT2D eigenvalue weighted by Crippen LogP contribution is -2.29. The zero-order valence-electron chi connectivity index (χ0n) is 11.8. The summed E-state index contributed by atoms with van der Waals surface area (Å²) in [6, 6.07) is 0. The zero-order valence-corrected chi connectivity index (χ0v) is 12.6. The molecule has 1 N–H and O–H groups in total. The van der Waals surface area contributed by atoms with Crippen molar-refractivity contribution >= 4 is 28.3 Å². The Morgan fingerprint density at radius 3 is 2.77 bits per heavy atom. The average molecular weight is 336 g/mol. The van der Waals surface area contributed by atoms with Crippen LogP contribution in [0.3, 0.4) is 0 Å². The van der Waals surface area contributed by atoms with E-state index in [1.54, 1.807) is 4.90 Å². The number of carbonyl (C=O) groups is 2. The Hall–Kier alpha value is -1.71. The topological polar surface area (TPSA) is 75.2 Å². The number of nitrogens with zero attached hydrogens (tertiary/aromatic N) is 3. The summed E-state index contributed by atoms with van der Waals surface area (Å²) in [7, 11) is 0. The van der Waals surface area contributed by atoms with Crippen LogP contribution >= 0.6 is 11.3 Å². The summed E-state index contributed by atoms with van der Waals surface area (Å²) >= 11 is 0.265. The predicted molar refractivity (Wildman–Crippen MR) is 73.1 cm³/mol. The van der Waals surface area contributed by atoms with E-state index < -0.39 is 23.0 Å². The second-order valence-electron chi connectivity index (χ2n) is 4.99. The molecule has 0 bridgehead atoms. The number of carbonyl (C=O) groups excluding carboxylic acids is 2. The molecule has 2 rings (SSSR count). The van der Waals surface area contributed by atoms with Crippen molar-refractivity contribution in [2.45, 2.75) is 32.4 Å². The average Bonchev–Trinajstić information content (AvgIpc) is 3.03. The van der Waals surface area contributed by atoms with Gasteiger partial charge in [-0.2, -0.15) is 13.2 Å². The van der Waals surface area contributed by atoms with Crippen LogP contribution < -0.4 is 5.32 Å². The second kappa shape index (κ2) is 6.59. The molecule has 1 aliphatic heterocycles. The highest BCUT2D eigenvalue weighted by atomic mass is 32.1. The van der Waals surface area contributed by atoms with Crippen LogP contribution in [0, 0.1) is 5.92 Å². The molecule has 2 heterocycles. The number of rotatable bonds is 5. The Kier molecular flexibility index (Phi) is 4.99. The maximum Gasteiger partial charge on any atom is 0.445 e. The van der Waals surface area contributed by atoms with Crippen molar-refractivity contribution in [2.24, 2.45) is 5.92 Å². The molecule has 0 aromatic carbocycles. The minimum atomic E-state index is -4.58. The van der Waals surface area contributed by atoms with Crippen LogP contribution in [0.1, 0.15) is 31.2 Å². The molecule has 6 nitrogen and oxygen atoms in total. The third-order valence-electron chi connectivity index (χ3n) is 3.26. The van der Waals surface area contributed by atoms with Crippen LogP contribution in [0.2, 0.25) is 0 Å². The van der Waals surface area contributed by atoms with Crippen LogP contribution in [0.5, 0.6) is 0 Å². The van der Waals surface area contributed by atoms with E-state index in [1.807, 2.05) is 6.92 Å². The molecular weight excluding hydrogens is 321 g/mol. The van der Waals surface area contributed by atoms with Gasteiger partial charge in [-0.3, -0.25) is 9.59 Å². The lowest BCUT2D eigenvalue weighted by Gasteiger charge is -2.15. The fraction of sp³-hybridized carbons (Fsp3) is 0.667. The maximum absolute atomic E-state index is 12.4. The Labute approximate surface area is 128 Å². The molecule has 0 radical (unpaired) electrons. The molecule has 10 heteroatoms. The van der Waals surface area contributed by atoms with Crippen molar-refractivity contribution in [1.29, 1.82) is 0 Å². The SMILES string of the molecule is CCCCN1C[C@H](C(=O)Nc2nnc(C(F)(F)F)s2)CC1=O. The third kappa shape index (κ3) is 3.93. The largest absolute Gasteiger partial charge is 0.445 e. The molecule has 1 atom stereocenters. The minimum Gasteiger partial charge on any atom is -0.342 e. The summed E-state index contributed by atoms with van der Waals surface area (Å²) in [6.07, 6.45) is -2.72. The molecular formula is C12H15F3N4O2S. The summed E-state index contributed by atoms with van der Waals surface area (Å²) in [5.74, 6) is -1.18. The van der Waals surface area contributed by atoms with Crippen LogP contribution in [-0.4, -0.2) is 40.0 Å². The number of amides is 2. The summed E-state index contributed by atoms with van der Waals surface area (Å²) in [4.78, 5) is 25.4. The molecule has 1 fully saturated rings. The number of likely N-dealkylation sites (tertiary alicyclic amines) is 1. The van der Waals surface area contributed by atoms with Gasteiger partial charge in [0.15, 0.2) is 0 Å². The molecule has 2 amide bonds. The molecule has 0 spiro atoms. The fourth-order valence-electron chi connectivity index (χ4n) is 2.11. The van der Waals surface area contributed by atoms with E-state index in [9.17, 15) is 22.8 Å². The monoisotopic (exact) mass is 336 g/mol. The van der Waals surface area contributed by atoms with Gasteiger partial charge in [-0.15, -0.1) is 10.2 Å². The van der Waals surface area contributed by atoms with Crippen molar-refractivity contribution in [3.05, 3.63) is 5.01 Å². The number of anilines is 1. The maximum atomic E-state index is 12.4. The van der Waals surface area contributed by atoms with E-state index in [0.29, 0.717) is 6.54 Å². The molecule has 1 saturated heterocycles.